The van der Waals surface area contributed by atoms with Gasteiger partial charge in [-0.15, -0.1) is 0 Å². The topological polar surface area (TPSA) is 58.1 Å². The molecule has 2 heterocycles. The molecule has 4 rings (SSSR count). The van der Waals surface area contributed by atoms with Crippen LogP contribution in [0.4, 0.5) is 11.6 Å². The molecule has 1 atom stereocenters. The molecule has 0 saturated carbocycles. The van der Waals surface area contributed by atoms with Crippen molar-refractivity contribution >= 4 is 29.1 Å². The van der Waals surface area contributed by atoms with E-state index in [1.54, 1.807) is 12.1 Å². The number of carbonyl (C=O) groups is 1. The number of aromatic nitrogens is 2. The zero-order valence-electron chi connectivity index (χ0n) is 15.4. The lowest BCUT2D eigenvalue weighted by atomic mass is 9.97. The number of benzene rings is 2. The minimum Gasteiger partial charge on any atom is -0.340 e. The predicted molar refractivity (Wildman–Crippen MR) is 112 cm³/mol. The van der Waals surface area contributed by atoms with Crippen molar-refractivity contribution < 1.29 is 4.79 Å². The van der Waals surface area contributed by atoms with Crippen molar-refractivity contribution in [2.24, 2.45) is 5.92 Å². The largest absolute Gasteiger partial charge is 0.340 e. The van der Waals surface area contributed by atoms with E-state index < -0.39 is 0 Å². The highest BCUT2D eigenvalue weighted by molar-refractivity contribution is 6.30. The maximum atomic E-state index is 12.7. The fourth-order valence-corrected chi connectivity index (χ4v) is 3.54. The first-order valence-corrected chi connectivity index (χ1v) is 9.76. The standard InChI is InChI=1S/C22H21ClN4O/c23-19-8-10-20(11-9-19)26-21(28)17-7-4-12-27(15-17)22-24-13-18(14-25-22)16-5-2-1-3-6-16/h1-3,5-6,8-11,13-14,17H,4,7,12,15H2,(H,26,28). The summed E-state index contributed by atoms with van der Waals surface area (Å²) >= 11 is 5.90. The molecule has 2 aromatic carbocycles. The van der Waals surface area contributed by atoms with Crippen molar-refractivity contribution in [1.29, 1.82) is 0 Å². The Labute approximate surface area is 169 Å². The van der Waals surface area contributed by atoms with Crippen molar-refractivity contribution in [2.45, 2.75) is 12.8 Å². The summed E-state index contributed by atoms with van der Waals surface area (Å²) in [6.07, 6.45) is 5.48. The van der Waals surface area contributed by atoms with Crippen LogP contribution in [0.5, 0.6) is 0 Å². The van der Waals surface area contributed by atoms with Gasteiger partial charge in [-0.2, -0.15) is 0 Å². The molecule has 1 aromatic heterocycles. The number of piperidine rings is 1. The summed E-state index contributed by atoms with van der Waals surface area (Å²) in [5.74, 6) is 0.596. The second kappa shape index (κ2) is 8.40. The normalized spacial score (nSPS) is 16.6. The number of anilines is 2. The molecule has 0 bridgehead atoms. The molecule has 1 amide bonds. The van der Waals surface area contributed by atoms with Gasteiger partial charge < -0.3 is 10.2 Å². The number of hydrogen-bond acceptors (Lipinski definition) is 4. The van der Waals surface area contributed by atoms with Crippen LogP contribution in [0.15, 0.2) is 67.0 Å². The van der Waals surface area contributed by atoms with E-state index in [0.717, 1.165) is 36.2 Å². The lowest BCUT2D eigenvalue weighted by Crippen LogP contribution is -2.41. The van der Waals surface area contributed by atoms with Gasteiger partial charge in [-0.25, -0.2) is 9.97 Å². The van der Waals surface area contributed by atoms with Crippen LogP contribution < -0.4 is 10.2 Å². The third-order valence-corrected chi connectivity index (χ3v) is 5.18. The van der Waals surface area contributed by atoms with E-state index in [0.29, 0.717) is 17.5 Å². The molecule has 1 fully saturated rings. The predicted octanol–water partition coefficient (Wildman–Crippen LogP) is 4.65. The van der Waals surface area contributed by atoms with Gasteiger partial charge in [-0.3, -0.25) is 4.79 Å². The molecular formula is C22H21ClN4O. The highest BCUT2D eigenvalue weighted by atomic mass is 35.5. The van der Waals surface area contributed by atoms with E-state index in [-0.39, 0.29) is 11.8 Å². The quantitative estimate of drug-likeness (QED) is 0.702. The monoisotopic (exact) mass is 392 g/mol. The Morgan fingerprint density at radius 3 is 2.43 bits per heavy atom. The maximum Gasteiger partial charge on any atom is 0.229 e. The number of nitrogens with zero attached hydrogens (tertiary/aromatic N) is 3. The molecule has 6 heteroatoms. The third kappa shape index (κ3) is 4.31. The molecule has 0 aliphatic carbocycles. The minimum absolute atomic E-state index is 0.0212. The first kappa shape index (κ1) is 18.4. The van der Waals surface area contributed by atoms with E-state index in [1.165, 1.54) is 0 Å². The van der Waals surface area contributed by atoms with Crippen molar-refractivity contribution in [3.05, 3.63) is 72.0 Å². The SMILES string of the molecule is O=C(Nc1ccc(Cl)cc1)C1CCCN(c2ncc(-c3ccccc3)cn2)C1. The van der Waals surface area contributed by atoms with Crippen LogP contribution in [-0.2, 0) is 4.79 Å². The lowest BCUT2D eigenvalue weighted by Gasteiger charge is -2.32. The number of hydrogen-bond donors (Lipinski definition) is 1. The van der Waals surface area contributed by atoms with Crippen LogP contribution in [-0.4, -0.2) is 29.0 Å². The average molecular weight is 393 g/mol. The summed E-state index contributed by atoms with van der Waals surface area (Å²) in [5.41, 5.74) is 2.83. The van der Waals surface area contributed by atoms with E-state index >= 15 is 0 Å². The molecule has 1 aliphatic heterocycles. The number of amides is 1. The van der Waals surface area contributed by atoms with E-state index in [2.05, 4.69) is 20.2 Å². The van der Waals surface area contributed by atoms with Crippen LogP contribution in [0.2, 0.25) is 5.02 Å². The number of halogens is 1. The van der Waals surface area contributed by atoms with Gasteiger partial charge >= 0.3 is 0 Å². The van der Waals surface area contributed by atoms with Crippen molar-refractivity contribution in [3.63, 3.8) is 0 Å². The lowest BCUT2D eigenvalue weighted by molar-refractivity contribution is -0.120. The second-order valence-corrected chi connectivity index (χ2v) is 7.36. The van der Waals surface area contributed by atoms with E-state index in [9.17, 15) is 4.79 Å². The summed E-state index contributed by atoms with van der Waals surface area (Å²) in [5, 5.41) is 3.63. The Hall–Kier alpha value is -2.92. The van der Waals surface area contributed by atoms with E-state index in [4.69, 9.17) is 11.6 Å². The van der Waals surface area contributed by atoms with Gasteiger partial charge in [0.25, 0.3) is 0 Å². The Balaban J connectivity index is 1.42. The van der Waals surface area contributed by atoms with Crippen LogP contribution >= 0.6 is 11.6 Å². The molecule has 1 saturated heterocycles. The van der Waals surface area contributed by atoms with Gasteiger partial charge in [-0.05, 0) is 42.7 Å². The van der Waals surface area contributed by atoms with Crippen LogP contribution in [0, 0.1) is 5.92 Å². The fraction of sp³-hybridized carbons (Fsp3) is 0.227. The number of nitrogens with one attached hydrogen (secondary N) is 1. The first-order valence-electron chi connectivity index (χ1n) is 9.38. The molecule has 3 aromatic rings. The summed E-state index contributed by atoms with van der Waals surface area (Å²) < 4.78 is 0. The van der Waals surface area contributed by atoms with Gasteiger partial charge in [-0.1, -0.05) is 41.9 Å². The Morgan fingerprint density at radius 1 is 1.00 bits per heavy atom. The van der Waals surface area contributed by atoms with Crippen molar-refractivity contribution in [3.8, 4) is 11.1 Å². The third-order valence-electron chi connectivity index (χ3n) is 4.93. The minimum atomic E-state index is -0.0955. The molecule has 1 aliphatic rings. The van der Waals surface area contributed by atoms with Gasteiger partial charge in [0.15, 0.2) is 0 Å². The Bertz CT molecular complexity index is 929. The maximum absolute atomic E-state index is 12.7. The molecular weight excluding hydrogens is 372 g/mol. The fourth-order valence-electron chi connectivity index (χ4n) is 3.41. The zero-order valence-corrected chi connectivity index (χ0v) is 16.1. The highest BCUT2D eigenvalue weighted by Gasteiger charge is 2.27. The van der Waals surface area contributed by atoms with Gasteiger partial charge in [0.05, 0.1) is 5.92 Å². The highest BCUT2D eigenvalue weighted by Crippen LogP contribution is 2.24. The molecule has 28 heavy (non-hydrogen) atoms. The van der Waals surface area contributed by atoms with Crippen LogP contribution in [0.3, 0.4) is 0 Å². The smallest absolute Gasteiger partial charge is 0.229 e. The van der Waals surface area contributed by atoms with Gasteiger partial charge in [0.2, 0.25) is 11.9 Å². The van der Waals surface area contributed by atoms with Gasteiger partial charge in [0, 0.05) is 41.8 Å². The molecule has 142 valence electrons. The Kier molecular flexibility index (Phi) is 5.53. The summed E-state index contributed by atoms with van der Waals surface area (Å²) in [6, 6.07) is 17.2. The molecule has 5 nitrogen and oxygen atoms in total. The zero-order chi connectivity index (χ0) is 19.3. The molecule has 1 unspecified atom stereocenters. The second-order valence-electron chi connectivity index (χ2n) is 6.92. The van der Waals surface area contributed by atoms with Crippen molar-refractivity contribution in [1.82, 2.24) is 9.97 Å². The number of rotatable bonds is 4. The van der Waals surface area contributed by atoms with Crippen LogP contribution in [0.25, 0.3) is 11.1 Å². The summed E-state index contributed by atoms with van der Waals surface area (Å²) in [6.45, 7) is 1.47. The van der Waals surface area contributed by atoms with Gasteiger partial charge in [0.1, 0.15) is 0 Å². The number of carbonyl (C=O) groups excluding carboxylic acids is 1. The van der Waals surface area contributed by atoms with Crippen molar-refractivity contribution in [2.75, 3.05) is 23.3 Å². The molecule has 0 spiro atoms. The molecule has 0 radical (unpaired) electrons. The Morgan fingerprint density at radius 2 is 1.71 bits per heavy atom. The first-order chi connectivity index (χ1) is 13.7. The van der Waals surface area contributed by atoms with E-state index in [1.807, 2.05) is 54.9 Å². The summed E-state index contributed by atoms with van der Waals surface area (Å²) in [7, 11) is 0. The van der Waals surface area contributed by atoms with Crippen LogP contribution in [0.1, 0.15) is 12.8 Å². The average Bonchev–Trinajstić information content (AvgIpc) is 2.76. The summed E-state index contributed by atoms with van der Waals surface area (Å²) in [4.78, 5) is 23.8. The molecule has 1 N–H and O–H groups in total.